The summed E-state index contributed by atoms with van der Waals surface area (Å²) in [5.41, 5.74) is 2.07. The Morgan fingerprint density at radius 3 is 2.85 bits per heavy atom. The van der Waals surface area contributed by atoms with E-state index in [1.165, 1.54) is 0 Å². The fourth-order valence-corrected chi connectivity index (χ4v) is 1.40. The highest BCUT2D eigenvalue weighted by Gasteiger charge is 2.46. The van der Waals surface area contributed by atoms with Gasteiger partial charge >= 0.3 is 5.97 Å². The van der Waals surface area contributed by atoms with Crippen LogP contribution in [0.3, 0.4) is 0 Å². The maximum Gasteiger partial charge on any atom is 0.335 e. The highest BCUT2D eigenvalue weighted by atomic mass is 16.6. The number of rotatable bonds is 2. The molecule has 1 N–H and O–H groups in total. The summed E-state index contributed by atoms with van der Waals surface area (Å²) in [6, 6.07) is 7.72. The van der Waals surface area contributed by atoms with Crippen molar-refractivity contribution in [3.05, 3.63) is 35.4 Å². The lowest BCUT2D eigenvalue weighted by Gasteiger charge is -1.96. The molecule has 68 valence electrons. The maximum atomic E-state index is 10.5. The highest BCUT2D eigenvalue weighted by molar-refractivity contribution is 5.76. The van der Waals surface area contributed by atoms with Crippen LogP contribution in [0.4, 0.5) is 0 Å². The minimum Gasteiger partial charge on any atom is -0.479 e. The molecule has 2 atom stereocenters. The topological polar surface area (TPSA) is 49.8 Å². The van der Waals surface area contributed by atoms with Crippen molar-refractivity contribution < 1.29 is 14.6 Å². The second kappa shape index (κ2) is 2.85. The number of epoxide rings is 1. The quantitative estimate of drug-likeness (QED) is 0.698. The zero-order valence-electron chi connectivity index (χ0n) is 7.23. The monoisotopic (exact) mass is 178 g/mol. The molecule has 13 heavy (non-hydrogen) atoms. The molecule has 1 aromatic carbocycles. The number of carbonyl (C=O) groups is 1. The fourth-order valence-electron chi connectivity index (χ4n) is 1.40. The summed E-state index contributed by atoms with van der Waals surface area (Å²) < 4.78 is 5.02. The molecule has 1 aliphatic heterocycles. The minimum absolute atomic E-state index is 0.239. The van der Waals surface area contributed by atoms with Gasteiger partial charge in [0.15, 0.2) is 6.10 Å². The molecule has 1 aliphatic rings. The predicted molar refractivity (Wildman–Crippen MR) is 46.4 cm³/mol. The molecule has 1 heterocycles. The number of aliphatic carboxylic acids is 1. The average Bonchev–Trinajstić information content (AvgIpc) is 2.82. The van der Waals surface area contributed by atoms with Crippen LogP contribution in [0.2, 0.25) is 0 Å². The molecule has 0 bridgehead atoms. The van der Waals surface area contributed by atoms with Crippen LogP contribution in [0.15, 0.2) is 24.3 Å². The molecule has 0 spiro atoms. The van der Waals surface area contributed by atoms with Crippen molar-refractivity contribution in [2.75, 3.05) is 0 Å². The van der Waals surface area contributed by atoms with Gasteiger partial charge in [0.25, 0.3) is 0 Å². The molecular weight excluding hydrogens is 168 g/mol. The van der Waals surface area contributed by atoms with Gasteiger partial charge in [0, 0.05) is 0 Å². The maximum absolute atomic E-state index is 10.5. The summed E-state index contributed by atoms with van der Waals surface area (Å²) in [4.78, 5) is 10.5. The van der Waals surface area contributed by atoms with Gasteiger partial charge in [0.2, 0.25) is 0 Å². The van der Waals surface area contributed by atoms with Gasteiger partial charge in [-0.05, 0) is 12.5 Å². The van der Waals surface area contributed by atoms with Gasteiger partial charge in [-0.25, -0.2) is 4.79 Å². The van der Waals surface area contributed by atoms with E-state index in [2.05, 4.69) is 0 Å². The van der Waals surface area contributed by atoms with E-state index < -0.39 is 12.1 Å². The van der Waals surface area contributed by atoms with Crippen LogP contribution in [0.25, 0.3) is 0 Å². The number of carboxylic acid groups (broad SMARTS) is 1. The van der Waals surface area contributed by atoms with Crippen LogP contribution < -0.4 is 0 Å². The molecule has 1 aromatic rings. The van der Waals surface area contributed by atoms with Crippen LogP contribution in [-0.4, -0.2) is 17.2 Å². The second-order valence-corrected chi connectivity index (χ2v) is 3.23. The molecule has 3 nitrogen and oxygen atoms in total. The van der Waals surface area contributed by atoms with Crippen LogP contribution >= 0.6 is 0 Å². The van der Waals surface area contributed by atoms with Gasteiger partial charge in [-0.3, -0.25) is 0 Å². The summed E-state index contributed by atoms with van der Waals surface area (Å²) in [5.74, 6) is -0.883. The summed E-state index contributed by atoms with van der Waals surface area (Å²) in [5, 5.41) is 8.63. The van der Waals surface area contributed by atoms with Crippen LogP contribution in [0.5, 0.6) is 0 Å². The lowest BCUT2D eigenvalue weighted by atomic mass is 10.1. The molecule has 1 saturated heterocycles. The first kappa shape index (κ1) is 8.26. The largest absolute Gasteiger partial charge is 0.479 e. The molecular formula is C10H10O3. The molecule has 2 unspecified atom stereocenters. The van der Waals surface area contributed by atoms with Crippen molar-refractivity contribution in [3.8, 4) is 0 Å². The Balaban J connectivity index is 2.16. The summed E-state index contributed by atoms with van der Waals surface area (Å²) >= 11 is 0. The summed E-state index contributed by atoms with van der Waals surface area (Å²) in [7, 11) is 0. The van der Waals surface area contributed by atoms with Gasteiger partial charge in [-0.15, -0.1) is 0 Å². The highest BCUT2D eigenvalue weighted by Crippen LogP contribution is 2.38. The molecule has 0 aliphatic carbocycles. The van der Waals surface area contributed by atoms with Crippen molar-refractivity contribution in [3.63, 3.8) is 0 Å². The van der Waals surface area contributed by atoms with E-state index in [4.69, 9.17) is 9.84 Å². The molecule has 0 radical (unpaired) electrons. The smallest absolute Gasteiger partial charge is 0.335 e. The van der Waals surface area contributed by atoms with E-state index in [9.17, 15) is 4.79 Å². The normalized spacial score (nSPS) is 25.6. The van der Waals surface area contributed by atoms with E-state index in [1.54, 1.807) is 0 Å². The Labute approximate surface area is 76.0 Å². The third-order valence-corrected chi connectivity index (χ3v) is 2.11. The number of benzene rings is 1. The Morgan fingerprint density at radius 2 is 2.31 bits per heavy atom. The summed E-state index contributed by atoms with van der Waals surface area (Å²) in [6.07, 6.45) is -0.876. The van der Waals surface area contributed by atoms with Gasteiger partial charge in [-0.2, -0.15) is 0 Å². The Morgan fingerprint density at radius 1 is 1.54 bits per heavy atom. The minimum atomic E-state index is -0.883. The van der Waals surface area contributed by atoms with Gasteiger partial charge < -0.3 is 9.84 Å². The Bertz CT molecular complexity index is 346. The van der Waals surface area contributed by atoms with Crippen molar-refractivity contribution in [2.45, 2.75) is 19.1 Å². The molecule has 0 amide bonds. The zero-order chi connectivity index (χ0) is 9.42. The number of ether oxygens (including phenoxy) is 1. The van der Waals surface area contributed by atoms with Crippen molar-refractivity contribution in [1.29, 1.82) is 0 Å². The molecule has 0 aromatic heterocycles. The number of aryl methyl sites for hydroxylation is 1. The van der Waals surface area contributed by atoms with Crippen molar-refractivity contribution >= 4 is 5.97 Å². The second-order valence-electron chi connectivity index (χ2n) is 3.23. The van der Waals surface area contributed by atoms with E-state index in [1.807, 2.05) is 31.2 Å². The van der Waals surface area contributed by atoms with Gasteiger partial charge in [0.05, 0.1) is 0 Å². The molecule has 2 rings (SSSR count). The number of carboxylic acids is 1. The third-order valence-electron chi connectivity index (χ3n) is 2.11. The van der Waals surface area contributed by atoms with Crippen LogP contribution in [-0.2, 0) is 9.53 Å². The first-order valence-corrected chi connectivity index (χ1v) is 4.13. The molecule has 1 fully saturated rings. The SMILES string of the molecule is Cc1cccc(C2OC2C(=O)O)c1. The van der Waals surface area contributed by atoms with Gasteiger partial charge in [-0.1, -0.05) is 29.8 Å². The third kappa shape index (κ3) is 1.55. The fraction of sp³-hybridized carbons (Fsp3) is 0.300. The Hall–Kier alpha value is -1.35. The number of hydrogen-bond acceptors (Lipinski definition) is 2. The Kier molecular flexibility index (Phi) is 1.81. The van der Waals surface area contributed by atoms with Crippen molar-refractivity contribution in [1.82, 2.24) is 0 Å². The lowest BCUT2D eigenvalue weighted by Crippen LogP contribution is -2.04. The number of hydrogen-bond donors (Lipinski definition) is 1. The van der Waals surface area contributed by atoms with Crippen LogP contribution in [0, 0.1) is 6.92 Å². The molecule has 3 heteroatoms. The van der Waals surface area contributed by atoms with E-state index in [0.717, 1.165) is 11.1 Å². The zero-order valence-corrected chi connectivity index (χ0v) is 7.23. The lowest BCUT2D eigenvalue weighted by molar-refractivity contribution is -0.138. The van der Waals surface area contributed by atoms with Gasteiger partial charge in [0.1, 0.15) is 6.10 Å². The van der Waals surface area contributed by atoms with E-state index >= 15 is 0 Å². The molecule has 0 saturated carbocycles. The van der Waals surface area contributed by atoms with Crippen LogP contribution in [0.1, 0.15) is 17.2 Å². The standard InChI is InChI=1S/C10H10O3/c1-6-3-2-4-7(5-6)8-9(13-8)10(11)12/h2-5,8-9H,1H3,(H,11,12). The first-order valence-electron chi connectivity index (χ1n) is 4.13. The van der Waals surface area contributed by atoms with Crippen molar-refractivity contribution in [2.24, 2.45) is 0 Å². The average molecular weight is 178 g/mol. The summed E-state index contributed by atoms with van der Waals surface area (Å²) in [6.45, 7) is 1.97. The van der Waals surface area contributed by atoms with E-state index in [-0.39, 0.29) is 6.10 Å². The van der Waals surface area contributed by atoms with E-state index in [0.29, 0.717) is 0 Å². The first-order chi connectivity index (χ1) is 6.18. The predicted octanol–water partition coefficient (Wildman–Crippen LogP) is 1.52.